The van der Waals surface area contributed by atoms with Crippen molar-refractivity contribution in [3.8, 4) is 0 Å². The highest BCUT2D eigenvalue weighted by Gasteiger charge is 2.09. The smallest absolute Gasteiger partial charge is 0.251 e. The van der Waals surface area contributed by atoms with Crippen LogP contribution in [0.25, 0.3) is 0 Å². The molecule has 1 amide bonds. The number of carbonyl (C=O) groups is 1. The lowest BCUT2D eigenvalue weighted by molar-refractivity contribution is 0.0950. The van der Waals surface area contributed by atoms with Crippen LogP contribution in [0.15, 0.2) is 30.6 Å². The summed E-state index contributed by atoms with van der Waals surface area (Å²) in [7, 11) is 3.81. The molecule has 0 fully saturated rings. The lowest BCUT2D eigenvalue weighted by atomic mass is 10.1. The summed E-state index contributed by atoms with van der Waals surface area (Å²) in [6.45, 7) is 2.20. The van der Waals surface area contributed by atoms with Gasteiger partial charge in [0, 0.05) is 25.9 Å². The number of aryl methyl sites for hydroxylation is 1. The number of amides is 1. The number of rotatable bonds is 4. The third-order valence-corrected chi connectivity index (χ3v) is 3.04. The van der Waals surface area contributed by atoms with Gasteiger partial charge in [0.2, 0.25) is 0 Å². The quantitative estimate of drug-likeness (QED) is 0.829. The number of nitrogen functional groups attached to an aromatic ring is 1. The summed E-state index contributed by atoms with van der Waals surface area (Å²) in [5.74, 6) is -0.186. The summed E-state index contributed by atoms with van der Waals surface area (Å²) >= 11 is 0. The Morgan fingerprint density at radius 1 is 1.29 bits per heavy atom. The molecule has 2 rings (SSSR count). The average molecular weight is 285 g/mol. The molecule has 1 heterocycles. The number of aromatic nitrogens is 2. The molecule has 1 aromatic heterocycles. The SMILES string of the molecule is Cc1cnc(CNC(=O)c2ccc(N(C)C)c(N)c2)cn1. The number of nitrogens with one attached hydrogen (secondary N) is 1. The summed E-state index contributed by atoms with van der Waals surface area (Å²) in [6, 6.07) is 5.25. The first-order valence-electron chi connectivity index (χ1n) is 6.60. The van der Waals surface area contributed by atoms with Crippen molar-refractivity contribution >= 4 is 17.3 Å². The van der Waals surface area contributed by atoms with E-state index in [2.05, 4.69) is 15.3 Å². The zero-order chi connectivity index (χ0) is 15.4. The van der Waals surface area contributed by atoms with Crippen LogP contribution in [-0.2, 0) is 6.54 Å². The maximum atomic E-state index is 12.1. The van der Waals surface area contributed by atoms with Crippen LogP contribution in [0.1, 0.15) is 21.7 Å². The molecule has 6 heteroatoms. The summed E-state index contributed by atoms with van der Waals surface area (Å²) in [5.41, 5.74) is 9.48. The Labute approximate surface area is 124 Å². The zero-order valence-corrected chi connectivity index (χ0v) is 12.4. The van der Waals surface area contributed by atoms with Crippen LogP contribution >= 0.6 is 0 Å². The summed E-state index contributed by atoms with van der Waals surface area (Å²) in [6.07, 6.45) is 3.32. The van der Waals surface area contributed by atoms with E-state index in [0.29, 0.717) is 23.5 Å². The molecule has 21 heavy (non-hydrogen) atoms. The molecule has 0 radical (unpaired) electrons. The zero-order valence-electron chi connectivity index (χ0n) is 12.4. The largest absolute Gasteiger partial charge is 0.397 e. The van der Waals surface area contributed by atoms with E-state index in [0.717, 1.165) is 11.4 Å². The lowest BCUT2D eigenvalue weighted by Crippen LogP contribution is -2.23. The van der Waals surface area contributed by atoms with Crippen LogP contribution in [0.2, 0.25) is 0 Å². The molecule has 2 aromatic rings. The molecular formula is C15H19N5O. The Hall–Kier alpha value is -2.63. The minimum Gasteiger partial charge on any atom is -0.397 e. The highest BCUT2D eigenvalue weighted by atomic mass is 16.1. The average Bonchev–Trinajstić information content (AvgIpc) is 2.45. The van der Waals surface area contributed by atoms with Crippen molar-refractivity contribution in [1.82, 2.24) is 15.3 Å². The van der Waals surface area contributed by atoms with Gasteiger partial charge in [-0.25, -0.2) is 0 Å². The number of nitrogens with two attached hydrogens (primary N) is 1. The maximum Gasteiger partial charge on any atom is 0.251 e. The van der Waals surface area contributed by atoms with Crippen molar-refractivity contribution in [1.29, 1.82) is 0 Å². The predicted octanol–water partition coefficient (Wildman–Crippen LogP) is 1.36. The van der Waals surface area contributed by atoms with Crippen molar-refractivity contribution in [3.63, 3.8) is 0 Å². The Bertz CT molecular complexity index is 637. The Morgan fingerprint density at radius 2 is 2.05 bits per heavy atom. The van der Waals surface area contributed by atoms with E-state index >= 15 is 0 Å². The minimum atomic E-state index is -0.186. The van der Waals surface area contributed by atoms with Crippen molar-refractivity contribution in [2.45, 2.75) is 13.5 Å². The van der Waals surface area contributed by atoms with Gasteiger partial charge in [-0.15, -0.1) is 0 Å². The second-order valence-electron chi connectivity index (χ2n) is 5.00. The van der Waals surface area contributed by atoms with Crippen molar-refractivity contribution < 1.29 is 4.79 Å². The molecule has 0 spiro atoms. The molecule has 6 nitrogen and oxygen atoms in total. The van der Waals surface area contributed by atoms with Gasteiger partial charge in [-0.3, -0.25) is 14.8 Å². The second kappa shape index (κ2) is 6.21. The highest BCUT2D eigenvalue weighted by Crippen LogP contribution is 2.22. The van der Waals surface area contributed by atoms with Crippen LogP contribution in [0.4, 0.5) is 11.4 Å². The first-order valence-corrected chi connectivity index (χ1v) is 6.60. The minimum absolute atomic E-state index is 0.186. The number of hydrogen-bond acceptors (Lipinski definition) is 5. The molecule has 0 saturated carbocycles. The third-order valence-electron chi connectivity index (χ3n) is 3.04. The molecule has 3 N–H and O–H groups in total. The molecule has 0 unspecified atom stereocenters. The van der Waals surface area contributed by atoms with Crippen LogP contribution < -0.4 is 16.0 Å². The van der Waals surface area contributed by atoms with Gasteiger partial charge in [-0.1, -0.05) is 0 Å². The number of benzene rings is 1. The molecular weight excluding hydrogens is 266 g/mol. The van der Waals surface area contributed by atoms with E-state index in [9.17, 15) is 4.79 Å². The van der Waals surface area contributed by atoms with Crippen LogP contribution in [-0.4, -0.2) is 30.0 Å². The molecule has 0 atom stereocenters. The number of anilines is 2. The molecule has 0 aliphatic heterocycles. The molecule has 0 saturated heterocycles. The number of carbonyl (C=O) groups excluding carboxylic acids is 1. The lowest BCUT2D eigenvalue weighted by Gasteiger charge is -2.15. The van der Waals surface area contributed by atoms with Gasteiger partial charge in [0.1, 0.15) is 0 Å². The van der Waals surface area contributed by atoms with E-state index in [4.69, 9.17) is 5.73 Å². The van der Waals surface area contributed by atoms with E-state index in [1.54, 1.807) is 24.5 Å². The number of nitrogens with zero attached hydrogens (tertiary/aromatic N) is 3. The normalized spacial score (nSPS) is 10.2. The predicted molar refractivity (Wildman–Crippen MR) is 83.1 cm³/mol. The molecule has 110 valence electrons. The second-order valence-corrected chi connectivity index (χ2v) is 5.00. The van der Waals surface area contributed by atoms with E-state index in [-0.39, 0.29) is 5.91 Å². The fourth-order valence-corrected chi connectivity index (χ4v) is 1.89. The monoisotopic (exact) mass is 285 g/mol. The van der Waals surface area contributed by atoms with Crippen LogP contribution in [0.3, 0.4) is 0 Å². The van der Waals surface area contributed by atoms with Crippen molar-refractivity contribution in [2.75, 3.05) is 24.7 Å². The van der Waals surface area contributed by atoms with Gasteiger partial charge in [0.25, 0.3) is 5.91 Å². The standard InChI is InChI=1S/C15H19N5O/c1-10-7-18-12(8-17-10)9-19-15(21)11-4-5-14(20(2)3)13(16)6-11/h4-8H,9,16H2,1-3H3,(H,19,21). The van der Waals surface area contributed by atoms with E-state index in [1.165, 1.54) is 0 Å². The fourth-order valence-electron chi connectivity index (χ4n) is 1.89. The van der Waals surface area contributed by atoms with Crippen molar-refractivity contribution in [2.24, 2.45) is 0 Å². The van der Waals surface area contributed by atoms with E-state index < -0.39 is 0 Å². The summed E-state index contributed by atoms with van der Waals surface area (Å²) in [5, 5.41) is 2.80. The first kappa shape index (κ1) is 14.8. The topological polar surface area (TPSA) is 84.1 Å². The molecule has 0 aliphatic rings. The Morgan fingerprint density at radius 3 is 2.62 bits per heavy atom. The maximum absolute atomic E-state index is 12.1. The van der Waals surface area contributed by atoms with Gasteiger partial charge in [-0.05, 0) is 25.1 Å². The summed E-state index contributed by atoms with van der Waals surface area (Å²) < 4.78 is 0. The Kier molecular flexibility index (Phi) is 4.37. The van der Waals surface area contributed by atoms with Crippen LogP contribution in [0, 0.1) is 6.92 Å². The van der Waals surface area contributed by atoms with Crippen LogP contribution in [0.5, 0.6) is 0 Å². The van der Waals surface area contributed by atoms with E-state index in [1.807, 2.05) is 32.0 Å². The van der Waals surface area contributed by atoms with Gasteiger partial charge in [0.05, 0.1) is 35.5 Å². The van der Waals surface area contributed by atoms with Gasteiger partial charge in [-0.2, -0.15) is 0 Å². The first-order chi connectivity index (χ1) is 9.97. The van der Waals surface area contributed by atoms with Gasteiger partial charge >= 0.3 is 0 Å². The van der Waals surface area contributed by atoms with Crippen molar-refractivity contribution in [3.05, 3.63) is 47.5 Å². The fraction of sp³-hybridized carbons (Fsp3) is 0.267. The van der Waals surface area contributed by atoms with Gasteiger partial charge in [0.15, 0.2) is 0 Å². The third kappa shape index (κ3) is 3.68. The molecule has 0 bridgehead atoms. The highest BCUT2D eigenvalue weighted by molar-refractivity contribution is 5.96. The molecule has 0 aliphatic carbocycles. The number of hydrogen-bond donors (Lipinski definition) is 2. The summed E-state index contributed by atoms with van der Waals surface area (Å²) in [4.78, 5) is 22.3. The van der Waals surface area contributed by atoms with Gasteiger partial charge < -0.3 is 16.0 Å². The Balaban J connectivity index is 2.03. The molecule has 1 aromatic carbocycles.